The number of rotatable bonds is 8. The third kappa shape index (κ3) is 4.69. The van der Waals surface area contributed by atoms with E-state index in [4.69, 9.17) is 5.26 Å². The minimum absolute atomic E-state index is 0.555. The maximum Gasteiger partial charge on any atom is 0.0621 e. The molecule has 1 nitrogen and oxygen atoms in total. The quantitative estimate of drug-likeness (QED) is 0.455. The van der Waals surface area contributed by atoms with Crippen molar-refractivity contribution in [2.75, 3.05) is 0 Å². The molecule has 0 saturated carbocycles. The first kappa shape index (κ1) is 19.4. The van der Waals surface area contributed by atoms with Crippen molar-refractivity contribution in [2.45, 2.75) is 64.7 Å². The number of nitrogens with zero attached hydrogens (tertiary/aromatic N) is 1. The van der Waals surface area contributed by atoms with Gasteiger partial charge < -0.3 is 0 Å². The summed E-state index contributed by atoms with van der Waals surface area (Å²) in [7, 11) is 0. The molecule has 140 valence electrons. The summed E-state index contributed by atoms with van der Waals surface area (Å²) >= 11 is 0. The number of hydrogen-bond acceptors (Lipinski definition) is 1. The van der Waals surface area contributed by atoms with Crippen LogP contribution in [0.5, 0.6) is 0 Å². The molecule has 0 bridgehead atoms. The molecule has 0 aliphatic heterocycles. The van der Waals surface area contributed by atoms with E-state index in [9.17, 15) is 0 Å². The van der Waals surface area contributed by atoms with Gasteiger partial charge in [0.1, 0.15) is 0 Å². The van der Waals surface area contributed by atoms with Crippen LogP contribution in [0.2, 0.25) is 0 Å². The molecule has 2 aliphatic rings. The summed E-state index contributed by atoms with van der Waals surface area (Å²) in [6, 6.07) is 9.22. The van der Waals surface area contributed by atoms with E-state index in [1.807, 2.05) is 0 Å². The Bertz CT molecular complexity index is 813. The van der Waals surface area contributed by atoms with Crippen molar-refractivity contribution in [3.8, 4) is 6.07 Å². The fourth-order valence-corrected chi connectivity index (χ4v) is 4.34. The zero-order valence-corrected chi connectivity index (χ0v) is 16.6. The summed E-state index contributed by atoms with van der Waals surface area (Å²) in [6.45, 7) is 6.76. The van der Waals surface area contributed by atoms with E-state index in [0.29, 0.717) is 12.3 Å². The predicted molar refractivity (Wildman–Crippen MR) is 115 cm³/mol. The van der Waals surface area contributed by atoms with E-state index in [-0.39, 0.29) is 0 Å². The Morgan fingerprint density at radius 3 is 2.93 bits per heavy atom. The van der Waals surface area contributed by atoms with Gasteiger partial charge in [-0.2, -0.15) is 5.26 Å². The smallest absolute Gasteiger partial charge is 0.0621 e. The first-order chi connectivity index (χ1) is 13.2. The van der Waals surface area contributed by atoms with Crippen molar-refractivity contribution in [1.29, 1.82) is 5.26 Å². The van der Waals surface area contributed by atoms with Gasteiger partial charge in [0, 0.05) is 6.42 Å². The van der Waals surface area contributed by atoms with Crippen molar-refractivity contribution in [3.05, 3.63) is 76.9 Å². The summed E-state index contributed by atoms with van der Waals surface area (Å²) in [5.41, 5.74) is 8.40. The topological polar surface area (TPSA) is 23.8 Å². The van der Waals surface area contributed by atoms with Crippen molar-refractivity contribution in [2.24, 2.45) is 5.92 Å². The van der Waals surface area contributed by atoms with Crippen LogP contribution >= 0.6 is 0 Å². The minimum Gasteiger partial charge on any atom is -0.198 e. The number of nitriles is 1. The van der Waals surface area contributed by atoms with Crippen molar-refractivity contribution < 1.29 is 0 Å². The fraction of sp³-hybridized carbons (Fsp3) is 0.423. The second-order valence-corrected chi connectivity index (χ2v) is 7.82. The predicted octanol–water partition coefficient (Wildman–Crippen LogP) is 7.11. The van der Waals surface area contributed by atoms with Gasteiger partial charge in [0.2, 0.25) is 0 Å². The molecule has 0 spiro atoms. The zero-order valence-electron chi connectivity index (χ0n) is 16.6. The molecule has 0 aromatic heterocycles. The van der Waals surface area contributed by atoms with Crippen LogP contribution in [0.1, 0.15) is 68.6 Å². The van der Waals surface area contributed by atoms with Gasteiger partial charge in [-0.1, -0.05) is 68.8 Å². The van der Waals surface area contributed by atoms with Crippen molar-refractivity contribution in [3.63, 3.8) is 0 Å². The van der Waals surface area contributed by atoms with E-state index < -0.39 is 0 Å². The third-order valence-electron chi connectivity index (χ3n) is 5.77. The monoisotopic (exact) mass is 357 g/mol. The fourth-order valence-electron chi connectivity index (χ4n) is 4.34. The molecule has 0 N–H and O–H groups in total. The Labute approximate surface area is 164 Å². The Morgan fingerprint density at radius 2 is 2.11 bits per heavy atom. The Kier molecular flexibility index (Phi) is 6.88. The van der Waals surface area contributed by atoms with Crippen LogP contribution in [0.25, 0.3) is 5.57 Å². The van der Waals surface area contributed by atoms with Gasteiger partial charge >= 0.3 is 0 Å². The number of allylic oxidation sites excluding steroid dienone is 7. The maximum atomic E-state index is 8.80. The lowest BCUT2D eigenvalue weighted by Crippen LogP contribution is -2.16. The second kappa shape index (κ2) is 9.56. The zero-order chi connectivity index (χ0) is 19.1. The molecule has 1 heteroatoms. The highest BCUT2D eigenvalue weighted by Gasteiger charge is 2.27. The standard InChI is InChI=1S/C26H31N/c1-3-4-6-11-20(2)26-24-14-8-5-7-13-22(24)19-23-18-21(12-9-10-17-27)15-16-25(23)26/h5,7-8,14-16,18,22H,2-4,6,9-13,19H2,1H3. The molecule has 27 heavy (non-hydrogen) atoms. The summed E-state index contributed by atoms with van der Waals surface area (Å²) in [6.07, 6.45) is 18.6. The lowest BCUT2D eigenvalue weighted by molar-refractivity contribution is 0.625. The molecular weight excluding hydrogens is 326 g/mol. The normalized spacial score (nSPS) is 17.9. The molecule has 0 heterocycles. The molecule has 0 saturated heterocycles. The first-order valence-electron chi connectivity index (χ1n) is 10.5. The average Bonchev–Trinajstić information content (AvgIpc) is 2.91. The highest BCUT2D eigenvalue weighted by atomic mass is 14.3. The number of unbranched alkanes of at least 4 members (excludes halogenated alkanes) is 3. The van der Waals surface area contributed by atoms with Gasteiger partial charge in [0.25, 0.3) is 0 Å². The van der Waals surface area contributed by atoms with Crippen LogP contribution in [0.3, 0.4) is 0 Å². The summed E-state index contributed by atoms with van der Waals surface area (Å²) in [4.78, 5) is 0. The minimum atomic E-state index is 0.555. The Morgan fingerprint density at radius 1 is 1.22 bits per heavy atom. The van der Waals surface area contributed by atoms with Crippen LogP contribution in [0.4, 0.5) is 0 Å². The molecule has 0 radical (unpaired) electrons. The number of aryl methyl sites for hydroxylation is 1. The van der Waals surface area contributed by atoms with E-state index in [0.717, 1.165) is 32.1 Å². The lowest BCUT2D eigenvalue weighted by Gasteiger charge is -2.30. The van der Waals surface area contributed by atoms with Gasteiger partial charge in [0.15, 0.2) is 0 Å². The van der Waals surface area contributed by atoms with Crippen LogP contribution in [0, 0.1) is 17.2 Å². The highest BCUT2D eigenvalue weighted by molar-refractivity contribution is 5.86. The van der Waals surface area contributed by atoms with Gasteiger partial charge in [0.05, 0.1) is 6.07 Å². The van der Waals surface area contributed by atoms with Gasteiger partial charge in [-0.25, -0.2) is 0 Å². The summed E-state index contributed by atoms with van der Waals surface area (Å²) in [5.74, 6) is 0.555. The number of hydrogen-bond donors (Lipinski definition) is 0. The summed E-state index contributed by atoms with van der Waals surface area (Å²) in [5, 5.41) is 8.80. The van der Waals surface area contributed by atoms with E-state index in [1.165, 1.54) is 52.7 Å². The third-order valence-corrected chi connectivity index (χ3v) is 5.77. The maximum absolute atomic E-state index is 8.80. The largest absolute Gasteiger partial charge is 0.198 e. The molecule has 1 aromatic rings. The lowest BCUT2D eigenvalue weighted by atomic mass is 9.74. The molecule has 0 fully saturated rings. The van der Waals surface area contributed by atoms with E-state index >= 15 is 0 Å². The SMILES string of the molecule is C=C(CCCCC)C1=C2C=CC=CCC2Cc2cc(CCCC#N)ccc21. The molecule has 2 aliphatic carbocycles. The van der Waals surface area contributed by atoms with E-state index in [2.05, 4.69) is 62.1 Å². The van der Waals surface area contributed by atoms with Gasteiger partial charge in [-0.3, -0.25) is 0 Å². The summed E-state index contributed by atoms with van der Waals surface area (Å²) < 4.78 is 0. The molecule has 1 atom stereocenters. The van der Waals surface area contributed by atoms with Gasteiger partial charge in [-0.05, 0) is 77.9 Å². The average molecular weight is 358 g/mol. The van der Waals surface area contributed by atoms with Crippen molar-refractivity contribution >= 4 is 5.57 Å². The van der Waals surface area contributed by atoms with Gasteiger partial charge in [-0.15, -0.1) is 0 Å². The van der Waals surface area contributed by atoms with Crippen LogP contribution in [-0.4, -0.2) is 0 Å². The highest BCUT2D eigenvalue weighted by Crippen LogP contribution is 2.42. The van der Waals surface area contributed by atoms with Crippen LogP contribution in [0.15, 0.2) is 60.2 Å². The first-order valence-corrected chi connectivity index (χ1v) is 10.5. The Hall–Kier alpha value is -2.33. The number of fused-ring (bicyclic) bond motifs is 2. The molecule has 1 aromatic carbocycles. The van der Waals surface area contributed by atoms with Crippen LogP contribution < -0.4 is 0 Å². The van der Waals surface area contributed by atoms with Crippen molar-refractivity contribution in [1.82, 2.24) is 0 Å². The molecule has 1 unspecified atom stereocenters. The Balaban J connectivity index is 1.94. The molecule has 0 amide bonds. The van der Waals surface area contributed by atoms with Crippen LogP contribution in [-0.2, 0) is 12.8 Å². The van der Waals surface area contributed by atoms with E-state index in [1.54, 1.807) is 0 Å². The molecule has 3 rings (SSSR count). The molecular formula is C26H31N. The number of benzene rings is 1. The second-order valence-electron chi connectivity index (χ2n) is 7.82.